The maximum atomic E-state index is 13.7. The van der Waals surface area contributed by atoms with E-state index in [1.165, 1.54) is 25.0 Å². The number of nitrogens with zero attached hydrogens (tertiary/aromatic N) is 3. The fraction of sp³-hybridized carbons (Fsp3) is 0.500. The molecule has 0 atom stereocenters. The van der Waals surface area contributed by atoms with E-state index in [1.54, 1.807) is 12.1 Å². The largest absolute Gasteiger partial charge is 0.368 e. The van der Waals surface area contributed by atoms with E-state index in [0.29, 0.717) is 11.9 Å². The maximum Gasteiger partial charge on any atom is 0.123 e. The number of halogens is 1. The Balaban J connectivity index is 2.52. The molecular formula is C28H41FN4. The fourth-order valence-corrected chi connectivity index (χ4v) is 4.19. The molecule has 2 rings (SSSR count). The van der Waals surface area contributed by atoms with Crippen LogP contribution in [0.3, 0.4) is 0 Å². The molecule has 0 amide bonds. The normalized spacial score (nSPS) is 16.3. The molecule has 0 aliphatic heterocycles. The number of hydrogen-bond acceptors (Lipinski definition) is 3. The second-order valence-corrected chi connectivity index (χ2v) is 8.70. The highest BCUT2D eigenvalue weighted by atomic mass is 19.1. The molecule has 1 aromatic rings. The topological polar surface area (TPSA) is 40.0 Å². The van der Waals surface area contributed by atoms with Crippen LogP contribution in [0, 0.1) is 5.82 Å². The summed E-state index contributed by atoms with van der Waals surface area (Å²) in [5, 5.41) is 3.47. The summed E-state index contributed by atoms with van der Waals surface area (Å²) in [4.78, 5) is 12.2. The monoisotopic (exact) mass is 452 g/mol. The van der Waals surface area contributed by atoms with Gasteiger partial charge in [-0.25, -0.2) is 14.4 Å². The zero-order valence-corrected chi connectivity index (χ0v) is 21.1. The molecular weight excluding hydrogens is 411 g/mol. The lowest BCUT2D eigenvalue weighted by atomic mass is 10.0. The van der Waals surface area contributed by atoms with E-state index in [4.69, 9.17) is 9.98 Å². The summed E-state index contributed by atoms with van der Waals surface area (Å²) in [5.41, 5.74) is 3.41. The zero-order chi connectivity index (χ0) is 24.2. The van der Waals surface area contributed by atoms with Crippen molar-refractivity contribution in [3.05, 3.63) is 65.8 Å². The Morgan fingerprint density at radius 1 is 1.09 bits per heavy atom. The van der Waals surface area contributed by atoms with Gasteiger partial charge in [0.25, 0.3) is 0 Å². The summed E-state index contributed by atoms with van der Waals surface area (Å²) >= 11 is 0. The molecule has 1 saturated carbocycles. The molecule has 1 aliphatic carbocycles. The number of rotatable bonds is 11. The number of amidine groups is 1. The Hall–Kier alpha value is -2.69. The first kappa shape index (κ1) is 26.6. The molecule has 33 heavy (non-hydrogen) atoms. The van der Waals surface area contributed by atoms with Gasteiger partial charge in [0.15, 0.2) is 0 Å². The molecule has 0 heterocycles. The average molecular weight is 453 g/mol. The van der Waals surface area contributed by atoms with Gasteiger partial charge in [-0.15, -0.1) is 0 Å². The van der Waals surface area contributed by atoms with Crippen molar-refractivity contribution in [3.63, 3.8) is 0 Å². The number of aliphatic imine (C=N–C) groups is 2. The molecule has 0 radical (unpaired) electrons. The van der Waals surface area contributed by atoms with E-state index in [1.807, 2.05) is 26.0 Å². The van der Waals surface area contributed by atoms with Gasteiger partial charge in [0, 0.05) is 30.3 Å². The van der Waals surface area contributed by atoms with Gasteiger partial charge in [-0.2, -0.15) is 0 Å². The van der Waals surface area contributed by atoms with Crippen molar-refractivity contribution in [1.29, 1.82) is 0 Å². The smallest absolute Gasteiger partial charge is 0.123 e. The van der Waals surface area contributed by atoms with Crippen LogP contribution in [0.25, 0.3) is 5.70 Å². The standard InChI is InChI=1S/C28H41FN4/c1-7-12-27(31-22(5)30-26-13-10-11-14-26)21(4)28(24-15-17-25(29)18-16-24)32-23(6)33(19-8-2)20-9-3/h7,12,15-18,26,30H,5,8-11,13-14,19-20H2,1-4,6H3/b12-7-,28-21+,31-27+,32-23?. The zero-order valence-electron chi connectivity index (χ0n) is 21.1. The van der Waals surface area contributed by atoms with Gasteiger partial charge in [-0.3, -0.25) is 0 Å². The molecule has 1 aliphatic rings. The van der Waals surface area contributed by atoms with Crippen LogP contribution >= 0.6 is 0 Å². The molecule has 0 spiro atoms. The first-order valence-corrected chi connectivity index (χ1v) is 12.3. The lowest BCUT2D eigenvalue weighted by molar-refractivity contribution is 0.415. The minimum absolute atomic E-state index is 0.258. The maximum absolute atomic E-state index is 13.7. The third-order valence-electron chi connectivity index (χ3n) is 5.88. The van der Waals surface area contributed by atoms with Crippen LogP contribution in [0.5, 0.6) is 0 Å². The molecule has 0 saturated heterocycles. The molecule has 180 valence electrons. The van der Waals surface area contributed by atoms with Crippen molar-refractivity contribution in [3.8, 4) is 0 Å². The molecule has 0 aromatic heterocycles. The Morgan fingerprint density at radius 2 is 1.70 bits per heavy atom. The third kappa shape index (κ3) is 8.30. The highest BCUT2D eigenvalue weighted by Crippen LogP contribution is 2.24. The van der Waals surface area contributed by atoms with Crippen LogP contribution in [0.15, 0.2) is 64.4 Å². The summed E-state index contributed by atoms with van der Waals surface area (Å²) in [5.74, 6) is 1.37. The van der Waals surface area contributed by atoms with Crippen LogP contribution in [-0.4, -0.2) is 35.6 Å². The Bertz CT molecular complexity index is 881. The third-order valence-corrected chi connectivity index (χ3v) is 5.88. The fourth-order valence-electron chi connectivity index (χ4n) is 4.19. The van der Waals surface area contributed by atoms with Crippen molar-refractivity contribution in [2.45, 2.75) is 79.2 Å². The van der Waals surface area contributed by atoms with E-state index in [2.05, 4.69) is 37.6 Å². The lowest BCUT2D eigenvalue weighted by Crippen LogP contribution is -2.30. The highest BCUT2D eigenvalue weighted by molar-refractivity contribution is 6.13. The van der Waals surface area contributed by atoms with E-state index < -0.39 is 0 Å². The van der Waals surface area contributed by atoms with Crippen LogP contribution in [-0.2, 0) is 0 Å². The van der Waals surface area contributed by atoms with Gasteiger partial charge in [-0.1, -0.05) is 39.3 Å². The van der Waals surface area contributed by atoms with Gasteiger partial charge in [-0.05, 0) is 76.8 Å². The number of nitrogens with one attached hydrogen (secondary N) is 1. The summed E-state index contributed by atoms with van der Waals surface area (Å²) in [6.45, 7) is 16.5. The van der Waals surface area contributed by atoms with Gasteiger partial charge in [0.2, 0.25) is 0 Å². The van der Waals surface area contributed by atoms with Gasteiger partial charge in [0.1, 0.15) is 17.5 Å². The highest BCUT2D eigenvalue weighted by Gasteiger charge is 2.16. The first-order chi connectivity index (χ1) is 15.9. The number of allylic oxidation sites excluding steroid dienone is 3. The summed E-state index contributed by atoms with van der Waals surface area (Å²) in [6, 6.07) is 6.99. The van der Waals surface area contributed by atoms with Crippen LogP contribution in [0.1, 0.15) is 78.7 Å². The molecule has 1 aromatic carbocycles. The SMILES string of the molecule is C=C(/N=C(\C=C/C)C(/C)=C(/N=C(C)N(CCC)CCC)c1ccc(F)cc1)NC1CCCC1. The lowest BCUT2D eigenvalue weighted by Gasteiger charge is -2.24. The van der Waals surface area contributed by atoms with Gasteiger partial charge < -0.3 is 10.2 Å². The van der Waals surface area contributed by atoms with Crippen molar-refractivity contribution in [2.75, 3.05) is 13.1 Å². The molecule has 0 unspecified atom stereocenters. The van der Waals surface area contributed by atoms with E-state index >= 15 is 0 Å². The summed E-state index contributed by atoms with van der Waals surface area (Å²) in [6.07, 6.45) is 10.9. The molecule has 5 heteroatoms. The number of benzene rings is 1. The summed E-state index contributed by atoms with van der Waals surface area (Å²) in [7, 11) is 0. The van der Waals surface area contributed by atoms with Crippen molar-refractivity contribution in [1.82, 2.24) is 10.2 Å². The van der Waals surface area contributed by atoms with Crippen LogP contribution in [0.2, 0.25) is 0 Å². The first-order valence-electron chi connectivity index (χ1n) is 12.3. The predicted molar refractivity (Wildman–Crippen MR) is 141 cm³/mol. The Labute approximate surface area is 200 Å². The predicted octanol–water partition coefficient (Wildman–Crippen LogP) is 7.12. The molecule has 1 N–H and O–H groups in total. The summed E-state index contributed by atoms with van der Waals surface area (Å²) < 4.78 is 13.7. The second-order valence-electron chi connectivity index (χ2n) is 8.70. The van der Waals surface area contributed by atoms with E-state index in [-0.39, 0.29) is 5.82 Å². The Morgan fingerprint density at radius 3 is 2.24 bits per heavy atom. The molecule has 4 nitrogen and oxygen atoms in total. The van der Waals surface area contributed by atoms with E-state index in [9.17, 15) is 4.39 Å². The molecule has 0 bridgehead atoms. The average Bonchev–Trinajstić information content (AvgIpc) is 3.30. The van der Waals surface area contributed by atoms with Crippen molar-refractivity contribution < 1.29 is 4.39 Å². The Kier molecular flexibility index (Phi) is 11.1. The van der Waals surface area contributed by atoms with Crippen molar-refractivity contribution >= 4 is 17.2 Å². The minimum Gasteiger partial charge on any atom is -0.368 e. The van der Waals surface area contributed by atoms with Crippen LogP contribution < -0.4 is 5.32 Å². The van der Waals surface area contributed by atoms with Crippen LogP contribution in [0.4, 0.5) is 4.39 Å². The minimum atomic E-state index is -0.258. The quantitative estimate of drug-likeness (QED) is 0.287. The van der Waals surface area contributed by atoms with Gasteiger partial charge >= 0.3 is 0 Å². The van der Waals surface area contributed by atoms with Gasteiger partial charge in [0.05, 0.1) is 11.4 Å². The van der Waals surface area contributed by atoms with E-state index in [0.717, 1.165) is 67.2 Å². The van der Waals surface area contributed by atoms with Crippen molar-refractivity contribution in [2.24, 2.45) is 9.98 Å². The number of hydrogen-bond donors (Lipinski definition) is 1. The molecule has 1 fully saturated rings. The second kappa shape index (κ2) is 13.8.